The molecule has 98 valence electrons. The van der Waals surface area contributed by atoms with Crippen molar-refractivity contribution in [1.29, 1.82) is 0 Å². The molecule has 0 unspecified atom stereocenters. The zero-order valence-corrected chi connectivity index (χ0v) is 12.7. The third kappa shape index (κ3) is 3.20. The van der Waals surface area contributed by atoms with Crippen LogP contribution in [-0.2, 0) is 11.5 Å². The van der Waals surface area contributed by atoms with Gasteiger partial charge in [-0.2, -0.15) is 0 Å². The van der Waals surface area contributed by atoms with Crippen LogP contribution in [0.5, 0.6) is 0 Å². The van der Waals surface area contributed by atoms with Crippen molar-refractivity contribution in [3.8, 4) is 0 Å². The van der Waals surface area contributed by atoms with Crippen LogP contribution >= 0.6 is 0 Å². The smallest absolute Gasteiger partial charge is 0.141 e. The van der Waals surface area contributed by atoms with Gasteiger partial charge >= 0.3 is 0 Å². The van der Waals surface area contributed by atoms with Crippen LogP contribution in [0.15, 0.2) is 24.4 Å². The molecule has 2 rings (SSSR count). The number of ether oxygens (including phenoxy) is 1. The van der Waals surface area contributed by atoms with Crippen LogP contribution in [-0.4, -0.2) is 24.2 Å². The normalized spacial score (nSPS) is 12.2. The number of nitrogens with zero attached hydrogens (tertiary/aromatic N) is 2. The quantitative estimate of drug-likeness (QED) is 0.607. The van der Waals surface area contributed by atoms with Crippen LogP contribution in [0.4, 0.5) is 0 Å². The molecule has 0 aliphatic heterocycles. The van der Waals surface area contributed by atoms with Gasteiger partial charge in [0.25, 0.3) is 0 Å². The molecular formula is C14H22N2OSi. The minimum atomic E-state index is -0.996. The van der Waals surface area contributed by atoms with E-state index in [2.05, 4.69) is 48.2 Å². The zero-order chi connectivity index (χ0) is 13.2. The molecule has 2 aromatic heterocycles. The first-order valence-corrected chi connectivity index (χ1v) is 10.2. The Morgan fingerprint density at radius 2 is 2.11 bits per heavy atom. The molecular weight excluding hydrogens is 240 g/mol. The van der Waals surface area contributed by atoms with Crippen molar-refractivity contribution in [2.75, 3.05) is 6.61 Å². The van der Waals surface area contributed by atoms with E-state index >= 15 is 0 Å². The second-order valence-electron chi connectivity index (χ2n) is 5.98. The predicted molar refractivity (Wildman–Crippen MR) is 78.6 cm³/mol. The lowest BCUT2D eigenvalue weighted by Gasteiger charge is -2.16. The summed E-state index contributed by atoms with van der Waals surface area (Å²) in [5, 5.41) is 1.18. The Bertz CT molecular complexity index is 528. The average Bonchev–Trinajstić information content (AvgIpc) is 2.59. The highest BCUT2D eigenvalue weighted by Gasteiger charge is 2.12. The van der Waals surface area contributed by atoms with Crippen LogP contribution in [0.2, 0.25) is 25.7 Å². The van der Waals surface area contributed by atoms with Gasteiger partial charge in [-0.15, -0.1) is 0 Å². The molecule has 0 bridgehead atoms. The Morgan fingerprint density at radius 3 is 2.83 bits per heavy atom. The van der Waals surface area contributed by atoms with Crippen LogP contribution in [0.25, 0.3) is 11.0 Å². The summed E-state index contributed by atoms with van der Waals surface area (Å²) in [5.74, 6) is 0. The molecule has 0 saturated heterocycles. The van der Waals surface area contributed by atoms with Crippen LogP contribution in [0, 0.1) is 6.92 Å². The summed E-state index contributed by atoms with van der Waals surface area (Å²) in [5.41, 5.74) is 2.22. The lowest BCUT2D eigenvalue weighted by Crippen LogP contribution is -2.22. The summed E-state index contributed by atoms with van der Waals surface area (Å²) >= 11 is 0. The molecule has 0 N–H and O–H groups in total. The molecule has 0 aliphatic carbocycles. The van der Waals surface area contributed by atoms with Crippen molar-refractivity contribution in [1.82, 2.24) is 9.55 Å². The molecule has 0 spiro atoms. The van der Waals surface area contributed by atoms with Crippen molar-refractivity contribution in [3.05, 3.63) is 30.1 Å². The molecule has 0 saturated carbocycles. The Balaban J connectivity index is 2.01. The Labute approximate surface area is 110 Å². The molecule has 18 heavy (non-hydrogen) atoms. The van der Waals surface area contributed by atoms with Crippen molar-refractivity contribution < 1.29 is 4.74 Å². The first-order valence-electron chi connectivity index (χ1n) is 6.46. The maximum absolute atomic E-state index is 5.80. The maximum Gasteiger partial charge on any atom is 0.141 e. The summed E-state index contributed by atoms with van der Waals surface area (Å²) in [7, 11) is -0.996. The standard InChI is InChI=1S/C14H22N2OSi/c1-12-10-13-6-5-7-15-14(13)16(12)11-17-8-9-18(2,3)4/h5-7,10H,8-9,11H2,1-4H3. The minimum Gasteiger partial charge on any atom is -0.361 e. The highest BCUT2D eigenvalue weighted by Crippen LogP contribution is 2.17. The first-order chi connectivity index (χ1) is 8.47. The van der Waals surface area contributed by atoms with Crippen LogP contribution in [0.1, 0.15) is 5.69 Å². The third-order valence-electron chi connectivity index (χ3n) is 3.08. The van der Waals surface area contributed by atoms with Gasteiger partial charge in [0.05, 0.1) is 0 Å². The van der Waals surface area contributed by atoms with E-state index in [0.29, 0.717) is 6.73 Å². The summed E-state index contributed by atoms with van der Waals surface area (Å²) < 4.78 is 7.94. The van der Waals surface area contributed by atoms with E-state index in [9.17, 15) is 0 Å². The lowest BCUT2D eigenvalue weighted by molar-refractivity contribution is 0.0886. The second-order valence-corrected chi connectivity index (χ2v) is 11.6. The summed E-state index contributed by atoms with van der Waals surface area (Å²) in [6, 6.07) is 7.43. The average molecular weight is 262 g/mol. The number of pyridine rings is 1. The third-order valence-corrected chi connectivity index (χ3v) is 4.78. The van der Waals surface area contributed by atoms with Gasteiger partial charge in [0.1, 0.15) is 12.4 Å². The SMILES string of the molecule is Cc1cc2cccnc2n1COCC[Si](C)(C)C. The minimum absolute atomic E-state index is 0.608. The van der Waals surface area contributed by atoms with Gasteiger partial charge in [-0.1, -0.05) is 19.6 Å². The molecule has 2 heterocycles. The molecule has 0 amide bonds. The topological polar surface area (TPSA) is 27.1 Å². The molecule has 4 heteroatoms. The van der Waals surface area contributed by atoms with Gasteiger partial charge in [-0.05, 0) is 31.2 Å². The molecule has 0 aromatic carbocycles. The van der Waals surface area contributed by atoms with Crippen molar-refractivity contribution in [3.63, 3.8) is 0 Å². The Hall–Kier alpha value is -1.13. The van der Waals surface area contributed by atoms with E-state index in [-0.39, 0.29) is 0 Å². The number of hydrogen-bond donors (Lipinski definition) is 0. The Morgan fingerprint density at radius 1 is 1.33 bits per heavy atom. The fraction of sp³-hybridized carbons (Fsp3) is 0.500. The molecule has 2 aromatic rings. The van der Waals surface area contributed by atoms with Gasteiger partial charge in [0.15, 0.2) is 0 Å². The van der Waals surface area contributed by atoms with E-state index in [1.165, 1.54) is 17.1 Å². The van der Waals surface area contributed by atoms with E-state index in [1.807, 2.05) is 12.3 Å². The highest BCUT2D eigenvalue weighted by molar-refractivity contribution is 6.76. The monoisotopic (exact) mass is 262 g/mol. The fourth-order valence-electron chi connectivity index (χ4n) is 1.91. The molecule has 3 nitrogen and oxygen atoms in total. The number of fused-ring (bicyclic) bond motifs is 1. The van der Waals surface area contributed by atoms with Crippen molar-refractivity contribution in [2.45, 2.75) is 39.3 Å². The number of aryl methyl sites for hydroxylation is 1. The first kappa shape index (κ1) is 13.3. The second kappa shape index (κ2) is 5.24. The summed E-state index contributed by atoms with van der Waals surface area (Å²) in [6.45, 7) is 10.7. The highest BCUT2D eigenvalue weighted by atomic mass is 28.3. The summed E-state index contributed by atoms with van der Waals surface area (Å²) in [4.78, 5) is 4.42. The van der Waals surface area contributed by atoms with Crippen molar-refractivity contribution in [2.24, 2.45) is 0 Å². The molecule has 0 radical (unpaired) electrons. The van der Waals surface area contributed by atoms with Gasteiger partial charge in [0, 0.05) is 32.0 Å². The van der Waals surface area contributed by atoms with Crippen LogP contribution < -0.4 is 0 Å². The Kier molecular flexibility index (Phi) is 3.87. The number of rotatable bonds is 5. The van der Waals surface area contributed by atoms with Gasteiger partial charge in [-0.3, -0.25) is 0 Å². The zero-order valence-electron chi connectivity index (χ0n) is 11.7. The fourth-order valence-corrected chi connectivity index (χ4v) is 2.67. The van der Waals surface area contributed by atoms with E-state index in [4.69, 9.17) is 4.74 Å². The number of aromatic nitrogens is 2. The van der Waals surface area contributed by atoms with Gasteiger partial charge in [-0.25, -0.2) is 4.98 Å². The lowest BCUT2D eigenvalue weighted by atomic mass is 10.3. The molecule has 0 aliphatic rings. The van der Waals surface area contributed by atoms with Gasteiger partial charge in [0.2, 0.25) is 0 Å². The van der Waals surface area contributed by atoms with E-state index in [1.54, 1.807) is 0 Å². The van der Waals surface area contributed by atoms with Gasteiger partial charge < -0.3 is 9.30 Å². The van der Waals surface area contributed by atoms with Crippen LogP contribution in [0.3, 0.4) is 0 Å². The summed E-state index contributed by atoms with van der Waals surface area (Å²) in [6.07, 6.45) is 1.83. The van der Waals surface area contributed by atoms with E-state index in [0.717, 1.165) is 12.3 Å². The molecule has 0 fully saturated rings. The van der Waals surface area contributed by atoms with E-state index < -0.39 is 8.07 Å². The largest absolute Gasteiger partial charge is 0.361 e. The van der Waals surface area contributed by atoms with Crippen molar-refractivity contribution >= 4 is 19.1 Å². The number of hydrogen-bond acceptors (Lipinski definition) is 2. The molecule has 0 atom stereocenters. The maximum atomic E-state index is 5.80. The predicted octanol–water partition coefficient (Wildman–Crippen LogP) is 3.66.